The van der Waals surface area contributed by atoms with Gasteiger partial charge in [0.1, 0.15) is 17.0 Å². The SMILES string of the molecule is CCc1ccc(-c2csc3ncnc(Nc4ccccc4)c23)cc1. The molecule has 0 saturated heterocycles. The summed E-state index contributed by atoms with van der Waals surface area (Å²) in [5, 5.41) is 6.66. The van der Waals surface area contributed by atoms with Crippen molar-refractivity contribution >= 4 is 33.1 Å². The predicted octanol–water partition coefficient (Wildman–Crippen LogP) is 5.66. The molecule has 4 rings (SSSR count). The number of nitrogens with zero attached hydrogens (tertiary/aromatic N) is 2. The van der Waals surface area contributed by atoms with E-state index in [1.165, 1.54) is 16.7 Å². The monoisotopic (exact) mass is 331 g/mol. The molecule has 0 amide bonds. The minimum Gasteiger partial charge on any atom is -0.340 e. The van der Waals surface area contributed by atoms with Crippen molar-refractivity contribution in [3.05, 3.63) is 71.9 Å². The fourth-order valence-corrected chi connectivity index (χ4v) is 3.68. The lowest BCUT2D eigenvalue weighted by atomic mass is 10.0. The quantitative estimate of drug-likeness (QED) is 0.524. The van der Waals surface area contributed by atoms with E-state index in [4.69, 9.17) is 0 Å². The van der Waals surface area contributed by atoms with Crippen LogP contribution < -0.4 is 5.32 Å². The number of rotatable bonds is 4. The summed E-state index contributed by atoms with van der Waals surface area (Å²) in [5.41, 5.74) is 4.74. The number of hydrogen-bond acceptors (Lipinski definition) is 4. The second-order valence-electron chi connectivity index (χ2n) is 5.59. The smallest absolute Gasteiger partial charge is 0.143 e. The molecule has 24 heavy (non-hydrogen) atoms. The summed E-state index contributed by atoms with van der Waals surface area (Å²) >= 11 is 1.65. The molecule has 0 saturated carbocycles. The Morgan fingerprint density at radius 2 is 1.75 bits per heavy atom. The molecule has 0 aliphatic rings. The Labute approximate surface area is 145 Å². The van der Waals surface area contributed by atoms with Crippen molar-refractivity contribution in [2.45, 2.75) is 13.3 Å². The number of thiophene rings is 1. The molecule has 0 fully saturated rings. The Bertz CT molecular complexity index is 959. The molecule has 2 aromatic carbocycles. The lowest BCUT2D eigenvalue weighted by Crippen LogP contribution is -1.95. The van der Waals surface area contributed by atoms with Crippen molar-refractivity contribution in [3.8, 4) is 11.1 Å². The molecule has 2 aromatic heterocycles. The van der Waals surface area contributed by atoms with Gasteiger partial charge in [0, 0.05) is 16.6 Å². The van der Waals surface area contributed by atoms with Gasteiger partial charge in [-0.3, -0.25) is 0 Å². The third-order valence-corrected chi connectivity index (χ3v) is 4.97. The Balaban J connectivity index is 1.82. The first-order valence-corrected chi connectivity index (χ1v) is 8.86. The first kappa shape index (κ1) is 14.8. The Morgan fingerprint density at radius 1 is 0.958 bits per heavy atom. The van der Waals surface area contributed by atoms with Crippen LogP contribution in [0.5, 0.6) is 0 Å². The van der Waals surface area contributed by atoms with Crippen molar-refractivity contribution in [2.24, 2.45) is 0 Å². The van der Waals surface area contributed by atoms with Gasteiger partial charge in [0.15, 0.2) is 0 Å². The second kappa shape index (κ2) is 6.42. The van der Waals surface area contributed by atoms with Crippen LogP contribution in [-0.4, -0.2) is 9.97 Å². The van der Waals surface area contributed by atoms with Gasteiger partial charge in [-0.25, -0.2) is 9.97 Å². The van der Waals surface area contributed by atoms with Crippen LogP contribution in [0.4, 0.5) is 11.5 Å². The van der Waals surface area contributed by atoms with E-state index in [1.54, 1.807) is 17.7 Å². The Kier molecular flexibility index (Phi) is 3.97. The zero-order valence-electron chi connectivity index (χ0n) is 13.4. The minimum absolute atomic E-state index is 0.849. The fraction of sp³-hybridized carbons (Fsp3) is 0.100. The van der Waals surface area contributed by atoms with Crippen LogP contribution in [-0.2, 0) is 6.42 Å². The summed E-state index contributed by atoms with van der Waals surface area (Å²) in [7, 11) is 0. The van der Waals surface area contributed by atoms with E-state index < -0.39 is 0 Å². The normalized spacial score (nSPS) is 10.9. The van der Waals surface area contributed by atoms with Gasteiger partial charge in [0.2, 0.25) is 0 Å². The van der Waals surface area contributed by atoms with Gasteiger partial charge in [0.05, 0.1) is 5.39 Å². The highest BCUT2D eigenvalue weighted by Gasteiger charge is 2.13. The van der Waals surface area contributed by atoms with E-state index in [9.17, 15) is 0 Å². The maximum atomic E-state index is 4.48. The highest BCUT2D eigenvalue weighted by Crippen LogP contribution is 2.37. The van der Waals surface area contributed by atoms with Crippen LogP contribution >= 0.6 is 11.3 Å². The van der Waals surface area contributed by atoms with E-state index in [0.717, 1.165) is 28.1 Å². The van der Waals surface area contributed by atoms with Crippen LogP contribution in [0.15, 0.2) is 66.3 Å². The van der Waals surface area contributed by atoms with E-state index in [2.05, 4.69) is 51.9 Å². The molecule has 0 unspecified atom stereocenters. The molecule has 0 atom stereocenters. The summed E-state index contributed by atoms with van der Waals surface area (Å²) in [4.78, 5) is 9.91. The van der Waals surface area contributed by atoms with Crippen LogP contribution in [0.25, 0.3) is 21.3 Å². The predicted molar refractivity (Wildman–Crippen MR) is 102 cm³/mol. The van der Waals surface area contributed by atoms with Crippen LogP contribution in [0, 0.1) is 0 Å². The average molecular weight is 331 g/mol. The number of nitrogens with one attached hydrogen (secondary N) is 1. The zero-order chi connectivity index (χ0) is 16.4. The molecule has 118 valence electrons. The van der Waals surface area contributed by atoms with Gasteiger partial charge in [-0.1, -0.05) is 49.4 Å². The van der Waals surface area contributed by atoms with E-state index in [1.807, 2.05) is 30.3 Å². The lowest BCUT2D eigenvalue weighted by Gasteiger charge is -2.08. The van der Waals surface area contributed by atoms with Gasteiger partial charge in [0.25, 0.3) is 0 Å². The standard InChI is InChI=1S/C20H17N3S/c1-2-14-8-10-15(11-9-14)17-12-24-20-18(17)19(21-13-22-20)23-16-6-4-3-5-7-16/h3-13H,2H2,1H3,(H,21,22,23). The van der Waals surface area contributed by atoms with Crippen molar-refractivity contribution in [2.75, 3.05) is 5.32 Å². The molecule has 0 radical (unpaired) electrons. The molecule has 0 aliphatic heterocycles. The van der Waals surface area contributed by atoms with E-state index >= 15 is 0 Å². The number of anilines is 2. The largest absolute Gasteiger partial charge is 0.340 e. The molecule has 4 aromatic rings. The molecular weight excluding hydrogens is 314 g/mol. The fourth-order valence-electron chi connectivity index (χ4n) is 2.76. The Morgan fingerprint density at radius 3 is 2.50 bits per heavy atom. The molecule has 3 nitrogen and oxygen atoms in total. The zero-order valence-corrected chi connectivity index (χ0v) is 14.2. The molecule has 0 spiro atoms. The molecular formula is C20H17N3S. The summed E-state index contributed by atoms with van der Waals surface area (Å²) in [6.45, 7) is 2.17. The maximum Gasteiger partial charge on any atom is 0.143 e. The number of benzene rings is 2. The van der Waals surface area contributed by atoms with Crippen LogP contribution in [0.2, 0.25) is 0 Å². The number of aryl methyl sites for hydroxylation is 1. The first-order chi connectivity index (χ1) is 11.8. The summed E-state index contributed by atoms with van der Waals surface area (Å²) in [6, 6.07) is 18.8. The summed E-state index contributed by atoms with van der Waals surface area (Å²) in [6.07, 6.45) is 2.67. The summed E-state index contributed by atoms with van der Waals surface area (Å²) < 4.78 is 0. The van der Waals surface area contributed by atoms with Gasteiger partial charge in [-0.05, 0) is 29.7 Å². The second-order valence-corrected chi connectivity index (χ2v) is 6.45. The van der Waals surface area contributed by atoms with Crippen molar-refractivity contribution in [1.82, 2.24) is 9.97 Å². The van der Waals surface area contributed by atoms with Crippen molar-refractivity contribution < 1.29 is 0 Å². The van der Waals surface area contributed by atoms with Crippen LogP contribution in [0.3, 0.4) is 0 Å². The third kappa shape index (κ3) is 2.76. The highest BCUT2D eigenvalue weighted by molar-refractivity contribution is 7.17. The minimum atomic E-state index is 0.849. The van der Waals surface area contributed by atoms with Crippen molar-refractivity contribution in [1.29, 1.82) is 0 Å². The molecule has 0 aliphatic carbocycles. The average Bonchev–Trinajstić information content (AvgIpc) is 3.08. The number of aromatic nitrogens is 2. The lowest BCUT2D eigenvalue weighted by molar-refractivity contribution is 1.14. The number of para-hydroxylation sites is 1. The van der Waals surface area contributed by atoms with Gasteiger partial charge < -0.3 is 5.32 Å². The third-order valence-electron chi connectivity index (χ3n) is 4.08. The maximum absolute atomic E-state index is 4.48. The van der Waals surface area contributed by atoms with Crippen LogP contribution in [0.1, 0.15) is 12.5 Å². The highest BCUT2D eigenvalue weighted by atomic mass is 32.1. The van der Waals surface area contributed by atoms with Gasteiger partial charge in [-0.15, -0.1) is 11.3 Å². The van der Waals surface area contributed by atoms with Gasteiger partial charge in [-0.2, -0.15) is 0 Å². The van der Waals surface area contributed by atoms with Gasteiger partial charge >= 0.3 is 0 Å². The first-order valence-electron chi connectivity index (χ1n) is 7.98. The Hall–Kier alpha value is -2.72. The van der Waals surface area contributed by atoms with E-state index in [-0.39, 0.29) is 0 Å². The van der Waals surface area contributed by atoms with E-state index in [0.29, 0.717) is 0 Å². The van der Waals surface area contributed by atoms with Crippen molar-refractivity contribution in [3.63, 3.8) is 0 Å². The molecule has 2 heterocycles. The molecule has 4 heteroatoms. The number of fused-ring (bicyclic) bond motifs is 1. The molecule has 0 bridgehead atoms. The number of hydrogen-bond donors (Lipinski definition) is 1. The topological polar surface area (TPSA) is 37.8 Å². The molecule has 1 N–H and O–H groups in total. The summed E-state index contributed by atoms with van der Waals surface area (Å²) in [5.74, 6) is 0.849.